The topological polar surface area (TPSA) is 67.9 Å². The van der Waals surface area contributed by atoms with Gasteiger partial charge in [-0.25, -0.2) is 0 Å². The summed E-state index contributed by atoms with van der Waals surface area (Å²) in [5.41, 5.74) is 2.72. The zero-order valence-electron chi connectivity index (χ0n) is 16.1. The van der Waals surface area contributed by atoms with Crippen molar-refractivity contribution < 1.29 is 19.1 Å². The molecule has 0 radical (unpaired) electrons. The summed E-state index contributed by atoms with van der Waals surface area (Å²) in [7, 11) is 3.16. The molecule has 2 aromatic rings. The van der Waals surface area contributed by atoms with E-state index in [1.807, 2.05) is 42.5 Å². The standard InChI is InChI=1S/C22H24N2O4/c1-27-19-11-7-17(14-20(19)28-2)15-23-21(25)12-8-16-5-9-18(10-6-16)24-13-3-4-22(24)26/h5-12,14H,3-4,13,15H2,1-2H3,(H,23,25)/b12-8+. The zero-order valence-corrected chi connectivity index (χ0v) is 16.1. The fourth-order valence-corrected chi connectivity index (χ4v) is 3.10. The molecule has 6 heteroatoms. The van der Waals surface area contributed by atoms with Gasteiger partial charge in [0.15, 0.2) is 11.5 Å². The number of benzene rings is 2. The number of nitrogens with one attached hydrogen (secondary N) is 1. The number of hydrogen-bond acceptors (Lipinski definition) is 4. The minimum absolute atomic E-state index is 0.165. The average Bonchev–Trinajstić information content (AvgIpc) is 3.16. The first-order chi connectivity index (χ1) is 13.6. The largest absolute Gasteiger partial charge is 0.493 e. The van der Waals surface area contributed by atoms with Gasteiger partial charge >= 0.3 is 0 Å². The van der Waals surface area contributed by atoms with E-state index in [9.17, 15) is 9.59 Å². The van der Waals surface area contributed by atoms with Crippen LogP contribution in [0.2, 0.25) is 0 Å². The van der Waals surface area contributed by atoms with Gasteiger partial charge in [-0.2, -0.15) is 0 Å². The summed E-state index contributed by atoms with van der Waals surface area (Å²) < 4.78 is 10.5. The molecular weight excluding hydrogens is 356 g/mol. The fraction of sp³-hybridized carbons (Fsp3) is 0.273. The van der Waals surface area contributed by atoms with Crippen LogP contribution >= 0.6 is 0 Å². The summed E-state index contributed by atoms with van der Waals surface area (Å²) in [5, 5.41) is 2.84. The Morgan fingerprint density at radius 3 is 2.50 bits per heavy atom. The molecule has 0 spiro atoms. The molecule has 1 fully saturated rings. The van der Waals surface area contributed by atoms with Crippen LogP contribution in [0.5, 0.6) is 11.5 Å². The van der Waals surface area contributed by atoms with Gasteiger partial charge in [-0.15, -0.1) is 0 Å². The van der Waals surface area contributed by atoms with Crippen LogP contribution in [0.1, 0.15) is 24.0 Å². The minimum atomic E-state index is -0.186. The smallest absolute Gasteiger partial charge is 0.244 e. The van der Waals surface area contributed by atoms with Crippen molar-refractivity contribution in [2.24, 2.45) is 0 Å². The van der Waals surface area contributed by atoms with Crippen LogP contribution in [0.25, 0.3) is 6.08 Å². The molecule has 2 amide bonds. The number of carbonyl (C=O) groups excluding carboxylic acids is 2. The first-order valence-corrected chi connectivity index (χ1v) is 9.18. The maximum Gasteiger partial charge on any atom is 0.244 e. The number of rotatable bonds is 7. The van der Waals surface area contributed by atoms with E-state index in [1.165, 1.54) is 6.08 Å². The Balaban J connectivity index is 1.54. The van der Waals surface area contributed by atoms with Crippen molar-refractivity contribution in [3.05, 3.63) is 59.7 Å². The van der Waals surface area contributed by atoms with E-state index in [-0.39, 0.29) is 11.8 Å². The summed E-state index contributed by atoms with van der Waals surface area (Å²) in [6, 6.07) is 13.1. The van der Waals surface area contributed by atoms with Gasteiger partial charge in [-0.3, -0.25) is 9.59 Å². The third kappa shape index (κ3) is 4.71. The van der Waals surface area contributed by atoms with E-state index in [2.05, 4.69) is 5.32 Å². The highest BCUT2D eigenvalue weighted by atomic mass is 16.5. The van der Waals surface area contributed by atoms with Gasteiger partial charge in [0.25, 0.3) is 0 Å². The normalized spacial score (nSPS) is 13.8. The lowest BCUT2D eigenvalue weighted by Crippen LogP contribution is -2.23. The number of nitrogens with zero attached hydrogens (tertiary/aromatic N) is 1. The Morgan fingerprint density at radius 2 is 1.86 bits per heavy atom. The van der Waals surface area contributed by atoms with Gasteiger partial charge in [-0.05, 0) is 47.9 Å². The number of hydrogen-bond donors (Lipinski definition) is 1. The quantitative estimate of drug-likeness (QED) is 0.750. The lowest BCUT2D eigenvalue weighted by Gasteiger charge is -2.15. The van der Waals surface area contributed by atoms with Gasteiger partial charge in [0.1, 0.15) is 0 Å². The maximum atomic E-state index is 12.1. The Labute approximate surface area is 164 Å². The van der Waals surface area contributed by atoms with Crippen LogP contribution in [0.15, 0.2) is 48.5 Å². The van der Waals surface area contributed by atoms with E-state index in [0.29, 0.717) is 24.5 Å². The second-order valence-electron chi connectivity index (χ2n) is 6.48. The van der Waals surface area contributed by atoms with Crippen molar-refractivity contribution in [1.29, 1.82) is 0 Å². The highest BCUT2D eigenvalue weighted by Crippen LogP contribution is 2.27. The van der Waals surface area contributed by atoms with Crippen LogP contribution in [-0.2, 0) is 16.1 Å². The Hall–Kier alpha value is -3.28. The van der Waals surface area contributed by atoms with Crippen molar-refractivity contribution in [3.63, 3.8) is 0 Å². The highest BCUT2D eigenvalue weighted by molar-refractivity contribution is 5.95. The van der Waals surface area contributed by atoms with Crippen molar-refractivity contribution in [2.45, 2.75) is 19.4 Å². The van der Waals surface area contributed by atoms with Crippen LogP contribution in [0.3, 0.4) is 0 Å². The third-order valence-corrected chi connectivity index (χ3v) is 4.62. The number of anilines is 1. The molecular formula is C22H24N2O4. The summed E-state index contributed by atoms with van der Waals surface area (Å²) in [5.74, 6) is 1.25. The summed E-state index contributed by atoms with van der Waals surface area (Å²) >= 11 is 0. The summed E-state index contributed by atoms with van der Waals surface area (Å²) in [6.45, 7) is 1.16. The molecule has 0 bridgehead atoms. The van der Waals surface area contributed by atoms with Gasteiger partial charge < -0.3 is 19.7 Å². The predicted octanol–water partition coefficient (Wildman–Crippen LogP) is 3.16. The van der Waals surface area contributed by atoms with Crippen LogP contribution in [-0.4, -0.2) is 32.6 Å². The van der Waals surface area contributed by atoms with Crippen molar-refractivity contribution in [2.75, 3.05) is 25.7 Å². The lowest BCUT2D eigenvalue weighted by molar-refractivity contribution is -0.117. The first-order valence-electron chi connectivity index (χ1n) is 9.18. The number of methoxy groups -OCH3 is 2. The van der Waals surface area contributed by atoms with Gasteiger partial charge in [0, 0.05) is 31.3 Å². The lowest BCUT2D eigenvalue weighted by atomic mass is 10.1. The van der Waals surface area contributed by atoms with Gasteiger partial charge in [0.05, 0.1) is 14.2 Å². The number of amides is 2. The highest BCUT2D eigenvalue weighted by Gasteiger charge is 2.21. The van der Waals surface area contributed by atoms with Crippen molar-refractivity contribution >= 4 is 23.6 Å². The van der Waals surface area contributed by atoms with Crippen molar-refractivity contribution in [3.8, 4) is 11.5 Å². The molecule has 0 aliphatic carbocycles. The van der Waals surface area contributed by atoms with Gasteiger partial charge in [0.2, 0.25) is 11.8 Å². The van der Waals surface area contributed by atoms with E-state index < -0.39 is 0 Å². The molecule has 0 aromatic heterocycles. The molecule has 3 rings (SSSR count). The number of ether oxygens (including phenoxy) is 2. The van der Waals surface area contributed by atoms with Crippen LogP contribution < -0.4 is 19.7 Å². The minimum Gasteiger partial charge on any atom is -0.493 e. The Kier molecular flexibility index (Phi) is 6.32. The van der Waals surface area contributed by atoms with E-state index >= 15 is 0 Å². The SMILES string of the molecule is COc1ccc(CNC(=O)/C=C/c2ccc(N3CCCC3=O)cc2)cc1OC. The molecule has 1 aliphatic rings. The maximum absolute atomic E-state index is 12.1. The van der Waals surface area contributed by atoms with Crippen LogP contribution in [0.4, 0.5) is 5.69 Å². The Morgan fingerprint density at radius 1 is 1.11 bits per heavy atom. The molecule has 6 nitrogen and oxygen atoms in total. The molecule has 28 heavy (non-hydrogen) atoms. The molecule has 1 heterocycles. The summed E-state index contributed by atoms with van der Waals surface area (Å²) in [4.78, 5) is 25.7. The zero-order chi connectivity index (χ0) is 19.9. The molecule has 1 N–H and O–H groups in total. The monoisotopic (exact) mass is 380 g/mol. The second-order valence-corrected chi connectivity index (χ2v) is 6.48. The molecule has 1 saturated heterocycles. The molecule has 0 atom stereocenters. The molecule has 2 aromatic carbocycles. The van der Waals surface area contributed by atoms with E-state index in [1.54, 1.807) is 25.2 Å². The first kappa shape index (κ1) is 19.5. The van der Waals surface area contributed by atoms with E-state index in [0.717, 1.165) is 29.8 Å². The Bertz CT molecular complexity index is 875. The second kappa shape index (κ2) is 9.08. The van der Waals surface area contributed by atoms with Gasteiger partial charge in [-0.1, -0.05) is 18.2 Å². The average molecular weight is 380 g/mol. The summed E-state index contributed by atoms with van der Waals surface area (Å²) in [6.07, 6.45) is 4.76. The predicted molar refractivity (Wildman–Crippen MR) is 108 cm³/mol. The molecule has 1 aliphatic heterocycles. The van der Waals surface area contributed by atoms with Crippen LogP contribution in [0, 0.1) is 0 Å². The fourth-order valence-electron chi connectivity index (χ4n) is 3.10. The molecule has 146 valence electrons. The third-order valence-electron chi connectivity index (χ3n) is 4.62. The molecule has 0 saturated carbocycles. The number of carbonyl (C=O) groups is 2. The van der Waals surface area contributed by atoms with Crippen molar-refractivity contribution in [1.82, 2.24) is 5.32 Å². The molecule has 0 unspecified atom stereocenters. The van der Waals surface area contributed by atoms with E-state index in [4.69, 9.17) is 9.47 Å².